The smallest absolute Gasteiger partial charge is 0.251 e. The summed E-state index contributed by atoms with van der Waals surface area (Å²) in [5.41, 5.74) is 4.95. The Morgan fingerprint density at radius 3 is 2.92 bits per heavy atom. The quantitative estimate of drug-likeness (QED) is 0.828. The van der Waals surface area contributed by atoms with Crippen LogP contribution in [0.25, 0.3) is 11.4 Å². The number of hydrogen-bond acceptors (Lipinski definition) is 4. The lowest BCUT2D eigenvalue weighted by Crippen LogP contribution is -2.25. The molecule has 0 bridgehead atoms. The van der Waals surface area contributed by atoms with Gasteiger partial charge < -0.3 is 10.4 Å². The van der Waals surface area contributed by atoms with Crippen LogP contribution in [0.5, 0.6) is 0 Å². The van der Waals surface area contributed by atoms with Gasteiger partial charge in [0.05, 0.1) is 0 Å². The van der Waals surface area contributed by atoms with E-state index in [0.717, 1.165) is 29.8 Å². The van der Waals surface area contributed by atoms with Gasteiger partial charge in [0.2, 0.25) is 0 Å². The predicted octanol–water partition coefficient (Wildman–Crippen LogP) is 2.44. The summed E-state index contributed by atoms with van der Waals surface area (Å²) in [7, 11) is 0. The van der Waals surface area contributed by atoms with E-state index >= 15 is 0 Å². The fourth-order valence-corrected chi connectivity index (χ4v) is 3.09. The maximum Gasteiger partial charge on any atom is 0.251 e. The van der Waals surface area contributed by atoms with Crippen LogP contribution in [0, 0.1) is 6.92 Å². The molecule has 0 saturated carbocycles. The van der Waals surface area contributed by atoms with Gasteiger partial charge in [-0.25, -0.2) is 9.97 Å². The lowest BCUT2D eigenvalue weighted by atomic mass is 9.94. The van der Waals surface area contributed by atoms with Crippen LogP contribution >= 0.6 is 0 Å². The number of fused-ring (bicyclic) bond motifs is 1. The highest BCUT2D eigenvalue weighted by Crippen LogP contribution is 2.25. The van der Waals surface area contributed by atoms with Crippen molar-refractivity contribution in [2.45, 2.75) is 39.0 Å². The summed E-state index contributed by atoms with van der Waals surface area (Å²) < 4.78 is 0. The van der Waals surface area contributed by atoms with Crippen molar-refractivity contribution < 1.29 is 9.90 Å². The van der Waals surface area contributed by atoms with E-state index in [0.29, 0.717) is 24.4 Å². The Morgan fingerprint density at radius 2 is 2.08 bits per heavy atom. The monoisotopic (exact) mass is 325 g/mol. The first-order valence-corrected chi connectivity index (χ1v) is 8.55. The molecule has 3 rings (SSSR count). The van der Waals surface area contributed by atoms with E-state index in [1.807, 2.05) is 25.1 Å². The average Bonchev–Trinajstić information content (AvgIpc) is 2.62. The van der Waals surface area contributed by atoms with Crippen LogP contribution in [-0.2, 0) is 12.8 Å². The third-order valence-electron chi connectivity index (χ3n) is 4.39. The molecule has 1 heterocycles. The molecule has 5 heteroatoms. The molecule has 0 spiro atoms. The Hall–Kier alpha value is -2.27. The Labute approximate surface area is 142 Å². The second-order valence-electron chi connectivity index (χ2n) is 6.18. The molecule has 0 unspecified atom stereocenters. The number of aliphatic hydroxyl groups excluding tert-OH is 1. The van der Waals surface area contributed by atoms with E-state index in [9.17, 15) is 4.79 Å². The number of aromatic nitrogens is 2. The van der Waals surface area contributed by atoms with Crippen molar-refractivity contribution in [3.8, 4) is 11.4 Å². The summed E-state index contributed by atoms with van der Waals surface area (Å²) in [6, 6.07) is 7.41. The molecule has 1 aliphatic rings. The van der Waals surface area contributed by atoms with Gasteiger partial charge in [-0.05, 0) is 56.7 Å². The molecule has 126 valence electrons. The fraction of sp³-hybridized carbons (Fsp3) is 0.421. The molecule has 1 amide bonds. The maximum atomic E-state index is 12.2. The molecule has 0 saturated heterocycles. The number of benzene rings is 1. The maximum absolute atomic E-state index is 12.2. The van der Waals surface area contributed by atoms with Gasteiger partial charge in [0.15, 0.2) is 5.82 Å². The van der Waals surface area contributed by atoms with Crippen LogP contribution < -0.4 is 5.32 Å². The predicted molar refractivity (Wildman–Crippen MR) is 92.9 cm³/mol. The van der Waals surface area contributed by atoms with E-state index in [2.05, 4.69) is 10.3 Å². The number of carbonyl (C=O) groups is 1. The van der Waals surface area contributed by atoms with Crippen LogP contribution in [0.3, 0.4) is 0 Å². The van der Waals surface area contributed by atoms with Crippen molar-refractivity contribution in [3.63, 3.8) is 0 Å². The number of nitrogens with one attached hydrogen (secondary N) is 1. The normalized spacial score (nSPS) is 13.4. The average molecular weight is 325 g/mol. The lowest BCUT2D eigenvalue weighted by Gasteiger charge is -2.17. The zero-order chi connectivity index (χ0) is 16.9. The van der Waals surface area contributed by atoms with Gasteiger partial charge in [-0.3, -0.25) is 4.79 Å². The molecule has 1 aromatic carbocycles. The summed E-state index contributed by atoms with van der Waals surface area (Å²) in [6.07, 6.45) is 5.01. The van der Waals surface area contributed by atoms with Gasteiger partial charge in [0.1, 0.15) is 0 Å². The first-order valence-electron chi connectivity index (χ1n) is 8.55. The van der Waals surface area contributed by atoms with Crippen molar-refractivity contribution >= 4 is 5.91 Å². The van der Waals surface area contributed by atoms with Gasteiger partial charge in [0, 0.05) is 35.7 Å². The van der Waals surface area contributed by atoms with Crippen molar-refractivity contribution in [2.75, 3.05) is 13.2 Å². The van der Waals surface area contributed by atoms with Crippen LogP contribution in [0.15, 0.2) is 24.3 Å². The van der Waals surface area contributed by atoms with Crippen molar-refractivity contribution in [3.05, 3.63) is 46.8 Å². The molecule has 1 aliphatic carbocycles. The second kappa shape index (κ2) is 7.53. The minimum atomic E-state index is -0.139. The summed E-state index contributed by atoms with van der Waals surface area (Å²) in [6.45, 7) is 2.58. The number of rotatable bonds is 5. The number of carbonyl (C=O) groups excluding carboxylic acids is 1. The lowest BCUT2D eigenvalue weighted by molar-refractivity contribution is 0.0951. The third-order valence-corrected chi connectivity index (χ3v) is 4.39. The van der Waals surface area contributed by atoms with Gasteiger partial charge in [-0.15, -0.1) is 0 Å². The van der Waals surface area contributed by atoms with Gasteiger partial charge in [-0.2, -0.15) is 0 Å². The van der Waals surface area contributed by atoms with Crippen molar-refractivity contribution in [1.29, 1.82) is 0 Å². The highest BCUT2D eigenvalue weighted by atomic mass is 16.3. The summed E-state index contributed by atoms with van der Waals surface area (Å²) in [5.74, 6) is 0.554. The minimum absolute atomic E-state index is 0.0720. The van der Waals surface area contributed by atoms with Crippen molar-refractivity contribution in [1.82, 2.24) is 15.3 Å². The molecule has 1 aromatic heterocycles. The number of aliphatic hydroxyl groups is 1. The van der Waals surface area contributed by atoms with E-state index in [-0.39, 0.29) is 12.5 Å². The highest BCUT2D eigenvalue weighted by molar-refractivity contribution is 5.95. The summed E-state index contributed by atoms with van der Waals surface area (Å²) in [4.78, 5) is 21.6. The third kappa shape index (κ3) is 3.62. The second-order valence-corrected chi connectivity index (χ2v) is 6.18. The largest absolute Gasteiger partial charge is 0.396 e. The van der Waals surface area contributed by atoms with E-state index in [1.54, 1.807) is 6.07 Å². The van der Waals surface area contributed by atoms with Crippen LogP contribution in [0.2, 0.25) is 0 Å². The summed E-state index contributed by atoms with van der Waals surface area (Å²) >= 11 is 0. The van der Waals surface area contributed by atoms with Gasteiger partial charge in [-0.1, -0.05) is 12.1 Å². The number of hydrogen-bond donors (Lipinski definition) is 2. The molecule has 0 atom stereocenters. The van der Waals surface area contributed by atoms with Gasteiger partial charge in [0.25, 0.3) is 5.91 Å². The Balaban J connectivity index is 1.86. The van der Waals surface area contributed by atoms with E-state index in [1.165, 1.54) is 18.4 Å². The van der Waals surface area contributed by atoms with E-state index in [4.69, 9.17) is 10.1 Å². The minimum Gasteiger partial charge on any atom is -0.396 e. The standard InChI is InChI=1S/C19H23N3O2/c1-13-16-8-2-3-9-17(16)22-18(21-13)14-6-4-7-15(12-14)19(24)20-10-5-11-23/h4,6-7,12,23H,2-3,5,8-11H2,1H3,(H,20,24). The Kier molecular flexibility index (Phi) is 5.20. The summed E-state index contributed by atoms with van der Waals surface area (Å²) in [5, 5.41) is 11.6. The number of amides is 1. The number of nitrogens with zero attached hydrogens (tertiary/aromatic N) is 2. The highest BCUT2D eigenvalue weighted by Gasteiger charge is 2.16. The molecule has 0 fully saturated rings. The number of aryl methyl sites for hydroxylation is 2. The van der Waals surface area contributed by atoms with E-state index < -0.39 is 0 Å². The van der Waals surface area contributed by atoms with Gasteiger partial charge >= 0.3 is 0 Å². The molecular formula is C19H23N3O2. The Morgan fingerprint density at radius 1 is 1.25 bits per heavy atom. The molecule has 0 aliphatic heterocycles. The zero-order valence-electron chi connectivity index (χ0n) is 14.0. The SMILES string of the molecule is Cc1nc(-c2cccc(C(=O)NCCCO)c2)nc2c1CCCC2. The Bertz CT molecular complexity index is 743. The van der Waals surface area contributed by atoms with Crippen LogP contribution in [-0.4, -0.2) is 34.1 Å². The first-order chi connectivity index (χ1) is 11.7. The molecule has 0 radical (unpaired) electrons. The molecule has 24 heavy (non-hydrogen) atoms. The van der Waals surface area contributed by atoms with Crippen LogP contribution in [0.1, 0.15) is 46.6 Å². The molecular weight excluding hydrogens is 302 g/mol. The molecule has 2 aromatic rings. The molecule has 2 N–H and O–H groups in total. The first kappa shape index (κ1) is 16.6. The fourth-order valence-electron chi connectivity index (χ4n) is 3.09. The molecule has 5 nitrogen and oxygen atoms in total. The zero-order valence-corrected chi connectivity index (χ0v) is 14.0. The van der Waals surface area contributed by atoms with Crippen LogP contribution in [0.4, 0.5) is 0 Å². The van der Waals surface area contributed by atoms with Crippen molar-refractivity contribution in [2.24, 2.45) is 0 Å². The topological polar surface area (TPSA) is 75.1 Å².